The van der Waals surface area contributed by atoms with Crippen molar-refractivity contribution in [3.05, 3.63) is 30.3 Å². The van der Waals surface area contributed by atoms with Crippen LogP contribution in [0.25, 0.3) is 0 Å². The normalized spacial score (nSPS) is 10.3. The molecule has 0 atom stereocenters. The van der Waals surface area contributed by atoms with Gasteiger partial charge in [0.15, 0.2) is 0 Å². The smallest absolute Gasteiger partial charge is 0.307 e. The van der Waals surface area contributed by atoms with Gasteiger partial charge >= 0.3 is 5.97 Å². The lowest BCUT2D eigenvalue weighted by atomic mass is 10.1. The van der Waals surface area contributed by atoms with E-state index in [9.17, 15) is 4.79 Å². The van der Waals surface area contributed by atoms with Crippen LogP contribution < -0.4 is 5.32 Å². The Balaban J connectivity index is 2.08. The quantitative estimate of drug-likeness (QED) is 0.738. The number of anilines is 1. The van der Waals surface area contributed by atoms with E-state index < -0.39 is 0 Å². The molecule has 0 aliphatic carbocycles. The Kier molecular flexibility index (Phi) is 6.15. The fourth-order valence-corrected chi connectivity index (χ4v) is 1.35. The second-order valence-corrected chi connectivity index (χ2v) is 4.45. The summed E-state index contributed by atoms with van der Waals surface area (Å²) in [6.07, 6.45) is 1.34. The van der Waals surface area contributed by atoms with Crippen LogP contribution in [0.1, 0.15) is 26.7 Å². The second-order valence-electron chi connectivity index (χ2n) is 4.45. The summed E-state index contributed by atoms with van der Waals surface area (Å²) >= 11 is 0. The first-order chi connectivity index (χ1) is 8.18. The van der Waals surface area contributed by atoms with Gasteiger partial charge < -0.3 is 10.1 Å². The topological polar surface area (TPSA) is 38.3 Å². The van der Waals surface area contributed by atoms with Gasteiger partial charge in [0.25, 0.3) is 0 Å². The molecule has 17 heavy (non-hydrogen) atoms. The van der Waals surface area contributed by atoms with Crippen LogP contribution in [0, 0.1) is 5.92 Å². The molecule has 1 rings (SSSR count). The van der Waals surface area contributed by atoms with Crippen LogP contribution in [-0.2, 0) is 9.53 Å². The van der Waals surface area contributed by atoms with Crippen LogP contribution in [0.2, 0.25) is 0 Å². The number of hydrogen-bond acceptors (Lipinski definition) is 3. The third kappa shape index (κ3) is 6.61. The molecule has 94 valence electrons. The molecule has 0 unspecified atom stereocenters. The van der Waals surface area contributed by atoms with Crippen LogP contribution in [0.5, 0.6) is 0 Å². The van der Waals surface area contributed by atoms with Crippen molar-refractivity contribution in [1.82, 2.24) is 0 Å². The minimum absolute atomic E-state index is 0.130. The van der Waals surface area contributed by atoms with Gasteiger partial charge in [-0.05, 0) is 24.5 Å². The van der Waals surface area contributed by atoms with Crippen molar-refractivity contribution in [1.29, 1.82) is 0 Å². The molecule has 3 heteroatoms. The highest BCUT2D eigenvalue weighted by molar-refractivity contribution is 5.70. The predicted molar refractivity (Wildman–Crippen MR) is 70.0 cm³/mol. The Morgan fingerprint density at radius 1 is 1.29 bits per heavy atom. The molecule has 0 saturated heterocycles. The molecule has 0 radical (unpaired) electrons. The van der Waals surface area contributed by atoms with E-state index in [1.807, 2.05) is 30.3 Å². The van der Waals surface area contributed by atoms with E-state index in [4.69, 9.17) is 4.74 Å². The lowest BCUT2D eigenvalue weighted by molar-refractivity contribution is -0.143. The summed E-state index contributed by atoms with van der Waals surface area (Å²) in [7, 11) is 0. The Labute approximate surface area is 103 Å². The van der Waals surface area contributed by atoms with Gasteiger partial charge in [0.2, 0.25) is 0 Å². The number of para-hydroxylation sites is 1. The number of esters is 1. The maximum atomic E-state index is 11.4. The van der Waals surface area contributed by atoms with Gasteiger partial charge in [0.1, 0.15) is 0 Å². The van der Waals surface area contributed by atoms with Gasteiger partial charge in [0, 0.05) is 12.2 Å². The molecule has 0 heterocycles. The molecule has 0 aliphatic heterocycles. The molecule has 3 nitrogen and oxygen atoms in total. The van der Waals surface area contributed by atoms with Gasteiger partial charge in [-0.2, -0.15) is 0 Å². The number of carbonyl (C=O) groups excluding carboxylic acids is 1. The average molecular weight is 235 g/mol. The number of ether oxygens (including phenoxy) is 1. The summed E-state index contributed by atoms with van der Waals surface area (Å²) in [5.74, 6) is 0.444. The first kappa shape index (κ1) is 13.6. The molecule has 0 bridgehead atoms. The highest BCUT2D eigenvalue weighted by atomic mass is 16.5. The summed E-state index contributed by atoms with van der Waals surface area (Å²) in [6, 6.07) is 9.84. The second kappa shape index (κ2) is 7.71. The number of hydrogen-bond donors (Lipinski definition) is 1. The number of nitrogens with one attached hydrogen (secondary N) is 1. The SMILES string of the molecule is CC(C)CCOC(=O)CCNc1ccccc1. The van der Waals surface area contributed by atoms with Crippen LogP contribution in [0.3, 0.4) is 0 Å². The first-order valence-electron chi connectivity index (χ1n) is 6.13. The Bertz CT molecular complexity index is 322. The van der Waals surface area contributed by atoms with E-state index in [2.05, 4.69) is 19.2 Å². The zero-order valence-electron chi connectivity index (χ0n) is 10.6. The van der Waals surface area contributed by atoms with E-state index in [0.717, 1.165) is 12.1 Å². The lowest BCUT2D eigenvalue weighted by Gasteiger charge is -2.08. The van der Waals surface area contributed by atoms with E-state index in [0.29, 0.717) is 25.5 Å². The zero-order chi connectivity index (χ0) is 12.5. The monoisotopic (exact) mass is 235 g/mol. The van der Waals surface area contributed by atoms with Gasteiger partial charge in [-0.1, -0.05) is 32.0 Å². The van der Waals surface area contributed by atoms with E-state index in [-0.39, 0.29) is 5.97 Å². The molecular formula is C14H21NO2. The molecule has 0 amide bonds. The third-order valence-corrected chi connectivity index (χ3v) is 2.39. The number of benzene rings is 1. The maximum Gasteiger partial charge on any atom is 0.307 e. The third-order valence-electron chi connectivity index (χ3n) is 2.39. The van der Waals surface area contributed by atoms with Crippen molar-refractivity contribution in [3.8, 4) is 0 Å². The van der Waals surface area contributed by atoms with E-state index in [1.54, 1.807) is 0 Å². The molecular weight excluding hydrogens is 214 g/mol. The molecule has 0 spiro atoms. The Hall–Kier alpha value is -1.51. The lowest BCUT2D eigenvalue weighted by Crippen LogP contribution is -2.12. The molecule has 0 aliphatic rings. The minimum Gasteiger partial charge on any atom is -0.466 e. The van der Waals surface area contributed by atoms with Crippen LogP contribution in [0.15, 0.2) is 30.3 Å². The molecule has 1 aromatic carbocycles. The Morgan fingerprint density at radius 2 is 2.00 bits per heavy atom. The fourth-order valence-electron chi connectivity index (χ4n) is 1.35. The molecule has 0 saturated carbocycles. The van der Waals surface area contributed by atoms with Gasteiger partial charge in [-0.25, -0.2) is 0 Å². The van der Waals surface area contributed by atoms with Crippen LogP contribution >= 0.6 is 0 Å². The summed E-state index contributed by atoms with van der Waals surface area (Å²) in [5, 5.41) is 3.17. The van der Waals surface area contributed by atoms with E-state index in [1.165, 1.54) is 0 Å². The molecule has 1 aromatic rings. The van der Waals surface area contributed by atoms with Crippen molar-refractivity contribution in [2.45, 2.75) is 26.7 Å². The van der Waals surface area contributed by atoms with Crippen molar-refractivity contribution in [2.24, 2.45) is 5.92 Å². The number of rotatable bonds is 7. The summed E-state index contributed by atoms with van der Waals surface area (Å²) in [6.45, 7) is 5.38. The molecule has 0 aromatic heterocycles. The van der Waals surface area contributed by atoms with Gasteiger partial charge in [-0.3, -0.25) is 4.79 Å². The first-order valence-corrected chi connectivity index (χ1v) is 6.13. The fraction of sp³-hybridized carbons (Fsp3) is 0.500. The molecule has 1 N–H and O–H groups in total. The van der Waals surface area contributed by atoms with Crippen molar-refractivity contribution < 1.29 is 9.53 Å². The highest BCUT2D eigenvalue weighted by Crippen LogP contribution is 2.05. The summed E-state index contributed by atoms with van der Waals surface area (Å²) < 4.78 is 5.11. The van der Waals surface area contributed by atoms with E-state index >= 15 is 0 Å². The molecule has 0 fully saturated rings. The standard InChI is InChI=1S/C14H21NO2/c1-12(2)9-11-17-14(16)8-10-15-13-6-4-3-5-7-13/h3-7,12,15H,8-11H2,1-2H3. The summed E-state index contributed by atoms with van der Waals surface area (Å²) in [5.41, 5.74) is 1.03. The van der Waals surface area contributed by atoms with Crippen molar-refractivity contribution >= 4 is 11.7 Å². The van der Waals surface area contributed by atoms with Gasteiger partial charge in [0.05, 0.1) is 13.0 Å². The van der Waals surface area contributed by atoms with Crippen molar-refractivity contribution in [3.63, 3.8) is 0 Å². The highest BCUT2D eigenvalue weighted by Gasteiger charge is 2.03. The summed E-state index contributed by atoms with van der Waals surface area (Å²) in [4.78, 5) is 11.4. The predicted octanol–water partition coefficient (Wildman–Crippen LogP) is 3.08. The average Bonchev–Trinajstić information content (AvgIpc) is 2.30. The van der Waals surface area contributed by atoms with Crippen LogP contribution in [0.4, 0.5) is 5.69 Å². The van der Waals surface area contributed by atoms with Crippen molar-refractivity contribution in [2.75, 3.05) is 18.5 Å². The van der Waals surface area contributed by atoms with Gasteiger partial charge in [-0.15, -0.1) is 0 Å². The van der Waals surface area contributed by atoms with Crippen LogP contribution in [-0.4, -0.2) is 19.1 Å². The largest absolute Gasteiger partial charge is 0.466 e. The Morgan fingerprint density at radius 3 is 2.65 bits per heavy atom. The zero-order valence-corrected chi connectivity index (χ0v) is 10.6. The number of carbonyl (C=O) groups is 1. The maximum absolute atomic E-state index is 11.4. The minimum atomic E-state index is -0.130.